The normalized spacial score (nSPS) is 17.9. The maximum absolute atomic E-state index is 12.9. The monoisotopic (exact) mass is 413 g/mol. The second-order valence-corrected chi connectivity index (χ2v) is 8.30. The Hall–Kier alpha value is -2.37. The van der Waals surface area contributed by atoms with Crippen molar-refractivity contribution in [3.05, 3.63) is 70.7 Å². The first kappa shape index (κ1) is 21.3. The van der Waals surface area contributed by atoms with Gasteiger partial charge in [-0.05, 0) is 30.0 Å². The van der Waals surface area contributed by atoms with Crippen molar-refractivity contribution in [3.63, 3.8) is 0 Å². The summed E-state index contributed by atoms with van der Waals surface area (Å²) in [4.78, 5) is 27.8. The Balaban J connectivity index is 1.56. The molecule has 2 amide bonds. The van der Waals surface area contributed by atoms with Gasteiger partial charge < -0.3 is 10.6 Å². The van der Waals surface area contributed by atoms with E-state index in [9.17, 15) is 9.59 Å². The van der Waals surface area contributed by atoms with Crippen LogP contribution in [0.3, 0.4) is 0 Å². The number of hydrogen-bond donors (Lipinski definition) is 2. The highest BCUT2D eigenvalue weighted by molar-refractivity contribution is 6.33. The standard InChI is InChI=1S/C23H28ClN3O2/c1-16(2)21(26-22(28)19-10-6-7-11-20(19)24)23(29)25-18-12-13-27(15-18)14-17-8-4-3-5-9-17/h3-11,16,18,21H,12-15H2,1-2H3,(H,25,29)(H,26,28). The van der Waals surface area contributed by atoms with Crippen molar-refractivity contribution in [2.75, 3.05) is 13.1 Å². The molecule has 1 fully saturated rings. The SMILES string of the molecule is CC(C)C(NC(=O)c1ccccc1Cl)C(=O)NC1CCN(Cc2ccccc2)C1. The largest absolute Gasteiger partial charge is 0.350 e. The fourth-order valence-corrected chi connectivity index (χ4v) is 3.85. The number of nitrogens with one attached hydrogen (secondary N) is 2. The zero-order chi connectivity index (χ0) is 20.8. The number of benzene rings is 2. The molecule has 0 spiro atoms. The summed E-state index contributed by atoms with van der Waals surface area (Å²) < 4.78 is 0. The lowest BCUT2D eigenvalue weighted by molar-refractivity contribution is -0.124. The van der Waals surface area contributed by atoms with Crippen LogP contribution >= 0.6 is 11.6 Å². The molecule has 1 heterocycles. The van der Waals surface area contributed by atoms with Gasteiger partial charge in [-0.3, -0.25) is 14.5 Å². The highest BCUT2D eigenvalue weighted by Crippen LogP contribution is 2.17. The first-order chi connectivity index (χ1) is 13.9. The molecular weight excluding hydrogens is 386 g/mol. The molecule has 1 aliphatic heterocycles. The summed E-state index contributed by atoms with van der Waals surface area (Å²) in [6.07, 6.45) is 0.905. The molecule has 0 bridgehead atoms. The third-order valence-corrected chi connectivity index (χ3v) is 5.55. The molecule has 2 unspecified atom stereocenters. The summed E-state index contributed by atoms with van der Waals surface area (Å²) in [5, 5.41) is 6.34. The van der Waals surface area contributed by atoms with Gasteiger partial charge in [0.2, 0.25) is 5.91 Å². The van der Waals surface area contributed by atoms with Crippen molar-refractivity contribution >= 4 is 23.4 Å². The van der Waals surface area contributed by atoms with Crippen molar-refractivity contribution in [2.45, 2.75) is 38.9 Å². The first-order valence-electron chi connectivity index (χ1n) is 10.1. The minimum Gasteiger partial charge on any atom is -0.350 e. The Labute approximate surface area is 177 Å². The Morgan fingerprint density at radius 1 is 1.10 bits per heavy atom. The van der Waals surface area contributed by atoms with Crippen LogP contribution in [0.5, 0.6) is 0 Å². The van der Waals surface area contributed by atoms with Crippen LogP contribution in [0, 0.1) is 5.92 Å². The van der Waals surface area contributed by atoms with Gasteiger partial charge in [0.1, 0.15) is 6.04 Å². The van der Waals surface area contributed by atoms with E-state index in [0.29, 0.717) is 10.6 Å². The van der Waals surface area contributed by atoms with E-state index in [1.807, 2.05) is 32.0 Å². The summed E-state index contributed by atoms with van der Waals surface area (Å²) in [5.74, 6) is -0.517. The van der Waals surface area contributed by atoms with Gasteiger partial charge in [0.15, 0.2) is 0 Å². The van der Waals surface area contributed by atoms with Crippen LogP contribution in [0.25, 0.3) is 0 Å². The molecule has 2 aromatic rings. The van der Waals surface area contributed by atoms with Crippen LogP contribution in [-0.2, 0) is 11.3 Å². The van der Waals surface area contributed by atoms with E-state index in [1.165, 1.54) is 5.56 Å². The number of carbonyl (C=O) groups is 2. The van der Waals surface area contributed by atoms with Crippen molar-refractivity contribution in [1.82, 2.24) is 15.5 Å². The van der Waals surface area contributed by atoms with Gasteiger partial charge in [0.25, 0.3) is 5.91 Å². The molecule has 0 aromatic heterocycles. The molecule has 5 nitrogen and oxygen atoms in total. The van der Waals surface area contributed by atoms with E-state index >= 15 is 0 Å². The average Bonchev–Trinajstić information content (AvgIpc) is 3.13. The van der Waals surface area contributed by atoms with Crippen LogP contribution in [0.1, 0.15) is 36.2 Å². The molecular formula is C23H28ClN3O2. The van der Waals surface area contributed by atoms with Gasteiger partial charge in [-0.25, -0.2) is 0 Å². The Kier molecular flexibility index (Phi) is 7.29. The number of carbonyl (C=O) groups excluding carboxylic acids is 2. The molecule has 154 valence electrons. The molecule has 6 heteroatoms. The second-order valence-electron chi connectivity index (χ2n) is 7.89. The number of amides is 2. The fraction of sp³-hybridized carbons (Fsp3) is 0.391. The van der Waals surface area contributed by atoms with E-state index in [-0.39, 0.29) is 23.8 Å². The second kappa shape index (κ2) is 9.90. The van der Waals surface area contributed by atoms with Crippen molar-refractivity contribution in [1.29, 1.82) is 0 Å². The molecule has 2 N–H and O–H groups in total. The van der Waals surface area contributed by atoms with E-state index in [2.05, 4.69) is 27.7 Å². The van der Waals surface area contributed by atoms with Crippen LogP contribution in [0.2, 0.25) is 5.02 Å². The smallest absolute Gasteiger partial charge is 0.253 e. The van der Waals surface area contributed by atoms with Gasteiger partial charge in [-0.2, -0.15) is 0 Å². The van der Waals surface area contributed by atoms with Crippen LogP contribution < -0.4 is 10.6 Å². The third kappa shape index (κ3) is 5.81. The van der Waals surface area contributed by atoms with Gasteiger partial charge in [-0.1, -0.05) is 67.9 Å². The number of rotatable bonds is 7. The summed E-state index contributed by atoms with van der Waals surface area (Å²) in [6.45, 7) is 6.48. The van der Waals surface area contributed by atoms with Gasteiger partial charge in [-0.15, -0.1) is 0 Å². The maximum atomic E-state index is 12.9. The van der Waals surface area contributed by atoms with E-state index in [4.69, 9.17) is 11.6 Å². The molecule has 0 radical (unpaired) electrons. The predicted octanol–water partition coefficient (Wildman–Crippen LogP) is 3.49. The number of halogens is 1. The number of nitrogens with zero attached hydrogens (tertiary/aromatic N) is 1. The molecule has 0 saturated carbocycles. The highest BCUT2D eigenvalue weighted by Gasteiger charge is 2.30. The maximum Gasteiger partial charge on any atom is 0.253 e. The minimum atomic E-state index is -0.609. The molecule has 1 saturated heterocycles. The van der Waals surface area contributed by atoms with Crippen molar-refractivity contribution in [2.24, 2.45) is 5.92 Å². The Morgan fingerprint density at radius 3 is 2.48 bits per heavy atom. The fourth-order valence-electron chi connectivity index (χ4n) is 3.63. The highest BCUT2D eigenvalue weighted by atomic mass is 35.5. The van der Waals surface area contributed by atoms with Gasteiger partial charge in [0, 0.05) is 25.7 Å². The average molecular weight is 414 g/mol. The molecule has 2 atom stereocenters. The van der Waals surface area contributed by atoms with Crippen LogP contribution in [0.4, 0.5) is 0 Å². The summed E-state index contributed by atoms with van der Waals surface area (Å²) >= 11 is 6.11. The van der Waals surface area contributed by atoms with Gasteiger partial charge >= 0.3 is 0 Å². The van der Waals surface area contributed by atoms with Crippen molar-refractivity contribution < 1.29 is 9.59 Å². The first-order valence-corrected chi connectivity index (χ1v) is 10.4. The summed E-state index contributed by atoms with van der Waals surface area (Å²) in [6, 6.07) is 16.7. The number of hydrogen-bond acceptors (Lipinski definition) is 3. The van der Waals surface area contributed by atoms with E-state index in [1.54, 1.807) is 24.3 Å². The van der Waals surface area contributed by atoms with Crippen LogP contribution in [0.15, 0.2) is 54.6 Å². The number of likely N-dealkylation sites (tertiary alicyclic amines) is 1. The Morgan fingerprint density at radius 2 is 1.79 bits per heavy atom. The Bertz CT molecular complexity index is 841. The lowest BCUT2D eigenvalue weighted by atomic mass is 10.0. The minimum absolute atomic E-state index is 0.0386. The van der Waals surface area contributed by atoms with Gasteiger partial charge in [0.05, 0.1) is 10.6 Å². The zero-order valence-electron chi connectivity index (χ0n) is 16.9. The third-order valence-electron chi connectivity index (χ3n) is 5.22. The quantitative estimate of drug-likeness (QED) is 0.730. The lowest BCUT2D eigenvalue weighted by Gasteiger charge is -2.24. The topological polar surface area (TPSA) is 61.4 Å². The molecule has 3 rings (SSSR count). The predicted molar refractivity (Wildman–Crippen MR) is 116 cm³/mol. The molecule has 29 heavy (non-hydrogen) atoms. The molecule has 0 aliphatic carbocycles. The van der Waals surface area contributed by atoms with Crippen LogP contribution in [-0.4, -0.2) is 41.9 Å². The lowest BCUT2D eigenvalue weighted by Crippen LogP contribution is -2.52. The molecule has 2 aromatic carbocycles. The zero-order valence-corrected chi connectivity index (χ0v) is 17.7. The summed E-state index contributed by atoms with van der Waals surface area (Å²) in [7, 11) is 0. The van der Waals surface area contributed by atoms with E-state index < -0.39 is 6.04 Å². The van der Waals surface area contributed by atoms with E-state index in [0.717, 1.165) is 26.1 Å². The molecule has 1 aliphatic rings. The summed E-state index contributed by atoms with van der Waals surface area (Å²) in [5.41, 5.74) is 1.65. The van der Waals surface area contributed by atoms with Crippen molar-refractivity contribution in [3.8, 4) is 0 Å².